The van der Waals surface area contributed by atoms with Crippen molar-refractivity contribution in [3.8, 4) is 0 Å². The average molecular weight is 184 g/mol. The molecule has 0 amide bonds. The van der Waals surface area contributed by atoms with Crippen molar-refractivity contribution in [1.29, 1.82) is 0 Å². The van der Waals surface area contributed by atoms with Crippen LogP contribution in [0.15, 0.2) is 0 Å². The van der Waals surface area contributed by atoms with Crippen LogP contribution in [0.3, 0.4) is 0 Å². The highest BCUT2D eigenvalue weighted by atomic mass is 16.3. The molecule has 1 aliphatic carbocycles. The first-order valence-electron chi connectivity index (χ1n) is 5.78. The van der Waals surface area contributed by atoms with Gasteiger partial charge in [0.2, 0.25) is 0 Å². The minimum Gasteiger partial charge on any atom is -0.390 e. The highest BCUT2D eigenvalue weighted by Crippen LogP contribution is 2.39. The summed E-state index contributed by atoms with van der Waals surface area (Å²) in [6, 6.07) is 0. The van der Waals surface area contributed by atoms with Gasteiger partial charge >= 0.3 is 0 Å². The quantitative estimate of drug-likeness (QED) is 0.710. The molecule has 1 rings (SSSR count). The summed E-state index contributed by atoms with van der Waals surface area (Å²) in [5.41, 5.74) is -0.359. The van der Waals surface area contributed by atoms with E-state index in [1.165, 1.54) is 32.1 Å². The van der Waals surface area contributed by atoms with Crippen molar-refractivity contribution in [3.63, 3.8) is 0 Å². The highest BCUT2D eigenvalue weighted by molar-refractivity contribution is 4.88. The Morgan fingerprint density at radius 3 is 2.69 bits per heavy atom. The van der Waals surface area contributed by atoms with Gasteiger partial charge in [-0.25, -0.2) is 0 Å². The zero-order valence-electron chi connectivity index (χ0n) is 9.34. The second-order valence-electron chi connectivity index (χ2n) is 5.08. The zero-order valence-corrected chi connectivity index (χ0v) is 9.34. The van der Waals surface area contributed by atoms with E-state index in [2.05, 4.69) is 13.8 Å². The van der Waals surface area contributed by atoms with Gasteiger partial charge in [-0.2, -0.15) is 0 Å². The van der Waals surface area contributed by atoms with Gasteiger partial charge in [0.05, 0.1) is 5.60 Å². The largest absolute Gasteiger partial charge is 0.390 e. The van der Waals surface area contributed by atoms with E-state index in [-0.39, 0.29) is 5.60 Å². The first-order valence-corrected chi connectivity index (χ1v) is 5.78. The van der Waals surface area contributed by atoms with Crippen molar-refractivity contribution >= 4 is 0 Å². The summed E-state index contributed by atoms with van der Waals surface area (Å²) in [4.78, 5) is 0. The number of rotatable bonds is 4. The summed E-state index contributed by atoms with van der Waals surface area (Å²) in [7, 11) is 0. The van der Waals surface area contributed by atoms with Crippen LogP contribution >= 0.6 is 0 Å². The van der Waals surface area contributed by atoms with E-state index >= 15 is 0 Å². The van der Waals surface area contributed by atoms with Gasteiger partial charge in [-0.05, 0) is 38.0 Å². The Hall–Kier alpha value is -0.0400. The molecule has 1 nitrogen and oxygen atoms in total. The SMILES string of the molecule is CCCC(C)CC1CCCC1(C)O. The maximum absolute atomic E-state index is 10.1. The normalized spacial score (nSPS) is 36.5. The summed E-state index contributed by atoms with van der Waals surface area (Å²) in [5.74, 6) is 1.36. The fourth-order valence-electron chi connectivity index (χ4n) is 2.69. The third-order valence-electron chi connectivity index (χ3n) is 3.58. The van der Waals surface area contributed by atoms with Crippen LogP contribution in [0.25, 0.3) is 0 Å². The minimum absolute atomic E-state index is 0.359. The predicted octanol–water partition coefficient (Wildman–Crippen LogP) is 3.36. The smallest absolute Gasteiger partial charge is 0.0647 e. The summed E-state index contributed by atoms with van der Waals surface area (Å²) < 4.78 is 0. The van der Waals surface area contributed by atoms with Gasteiger partial charge in [-0.15, -0.1) is 0 Å². The Bertz CT molecular complexity index is 151. The Morgan fingerprint density at radius 1 is 1.54 bits per heavy atom. The summed E-state index contributed by atoms with van der Waals surface area (Å²) in [6.45, 7) is 6.57. The van der Waals surface area contributed by atoms with Crippen molar-refractivity contribution < 1.29 is 5.11 Å². The lowest BCUT2D eigenvalue weighted by atomic mass is 9.84. The maximum Gasteiger partial charge on any atom is 0.0647 e. The summed E-state index contributed by atoms with van der Waals surface area (Å²) in [6.07, 6.45) is 7.28. The molecule has 1 saturated carbocycles. The van der Waals surface area contributed by atoms with Gasteiger partial charge in [0.15, 0.2) is 0 Å². The third-order valence-corrected chi connectivity index (χ3v) is 3.58. The molecule has 0 spiro atoms. The van der Waals surface area contributed by atoms with Crippen LogP contribution in [0, 0.1) is 11.8 Å². The standard InChI is InChI=1S/C12H24O/c1-4-6-10(2)9-11-7-5-8-12(11,3)13/h10-11,13H,4-9H2,1-3H3. The molecule has 0 radical (unpaired) electrons. The molecule has 3 atom stereocenters. The molecule has 0 aliphatic heterocycles. The molecule has 1 heteroatoms. The number of hydrogen-bond donors (Lipinski definition) is 1. The number of hydrogen-bond acceptors (Lipinski definition) is 1. The molecule has 0 heterocycles. The Labute approximate surface area is 82.5 Å². The molecule has 3 unspecified atom stereocenters. The molecular formula is C12H24O. The second-order valence-corrected chi connectivity index (χ2v) is 5.08. The molecule has 1 fully saturated rings. The zero-order chi connectivity index (χ0) is 9.90. The van der Waals surface area contributed by atoms with Crippen LogP contribution in [0.4, 0.5) is 0 Å². The van der Waals surface area contributed by atoms with Crippen LogP contribution in [0.5, 0.6) is 0 Å². The molecule has 0 saturated heterocycles. The molecule has 0 aromatic rings. The van der Waals surface area contributed by atoms with E-state index in [0.717, 1.165) is 12.3 Å². The van der Waals surface area contributed by atoms with E-state index in [4.69, 9.17) is 0 Å². The molecule has 78 valence electrons. The molecular weight excluding hydrogens is 160 g/mol. The Morgan fingerprint density at radius 2 is 2.23 bits per heavy atom. The molecule has 0 aromatic carbocycles. The first kappa shape index (κ1) is 11.0. The number of aliphatic hydroxyl groups is 1. The molecule has 0 bridgehead atoms. The molecule has 1 N–H and O–H groups in total. The lowest BCUT2D eigenvalue weighted by Gasteiger charge is -2.27. The fourth-order valence-corrected chi connectivity index (χ4v) is 2.69. The van der Waals surface area contributed by atoms with Gasteiger partial charge in [0.1, 0.15) is 0 Å². The van der Waals surface area contributed by atoms with E-state index < -0.39 is 0 Å². The highest BCUT2D eigenvalue weighted by Gasteiger charge is 2.36. The average Bonchev–Trinajstić information content (AvgIpc) is 2.31. The van der Waals surface area contributed by atoms with E-state index in [1.807, 2.05) is 6.92 Å². The predicted molar refractivity (Wildman–Crippen MR) is 56.7 cm³/mol. The van der Waals surface area contributed by atoms with Crippen LogP contribution < -0.4 is 0 Å². The van der Waals surface area contributed by atoms with Crippen molar-refractivity contribution in [2.45, 2.75) is 64.9 Å². The maximum atomic E-state index is 10.1. The monoisotopic (exact) mass is 184 g/mol. The van der Waals surface area contributed by atoms with Crippen molar-refractivity contribution in [2.75, 3.05) is 0 Å². The third kappa shape index (κ3) is 2.98. The lowest BCUT2D eigenvalue weighted by Crippen LogP contribution is -2.30. The Kier molecular flexibility index (Phi) is 3.78. The van der Waals surface area contributed by atoms with Crippen molar-refractivity contribution in [2.24, 2.45) is 11.8 Å². The van der Waals surface area contributed by atoms with Gasteiger partial charge in [-0.3, -0.25) is 0 Å². The minimum atomic E-state index is -0.359. The fraction of sp³-hybridized carbons (Fsp3) is 1.00. The van der Waals surface area contributed by atoms with E-state index in [9.17, 15) is 5.11 Å². The van der Waals surface area contributed by atoms with Crippen LogP contribution in [-0.2, 0) is 0 Å². The molecule has 0 aromatic heterocycles. The van der Waals surface area contributed by atoms with Crippen molar-refractivity contribution in [3.05, 3.63) is 0 Å². The van der Waals surface area contributed by atoms with Crippen LogP contribution in [0.2, 0.25) is 0 Å². The summed E-state index contributed by atoms with van der Waals surface area (Å²) in [5, 5.41) is 10.1. The molecule has 1 aliphatic rings. The lowest BCUT2D eigenvalue weighted by molar-refractivity contribution is 0.0119. The van der Waals surface area contributed by atoms with Crippen molar-refractivity contribution in [1.82, 2.24) is 0 Å². The van der Waals surface area contributed by atoms with Crippen LogP contribution in [-0.4, -0.2) is 10.7 Å². The topological polar surface area (TPSA) is 20.2 Å². The summed E-state index contributed by atoms with van der Waals surface area (Å²) >= 11 is 0. The van der Waals surface area contributed by atoms with E-state index in [1.54, 1.807) is 0 Å². The second kappa shape index (κ2) is 4.45. The van der Waals surface area contributed by atoms with Gasteiger partial charge < -0.3 is 5.11 Å². The first-order chi connectivity index (χ1) is 6.06. The van der Waals surface area contributed by atoms with E-state index in [0.29, 0.717) is 5.92 Å². The van der Waals surface area contributed by atoms with Gasteiger partial charge in [0.25, 0.3) is 0 Å². The van der Waals surface area contributed by atoms with Gasteiger partial charge in [0, 0.05) is 0 Å². The Balaban J connectivity index is 2.35. The van der Waals surface area contributed by atoms with Gasteiger partial charge in [-0.1, -0.05) is 33.1 Å². The van der Waals surface area contributed by atoms with Crippen LogP contribution in [0.1, 0.15) is 59.3 Å². The molecule has 13 heavy (non-hydrogen) atoms.